The van der Waals surface area contributed by atoms with Crippen molar-refractivity contribution in [1.82, 2.24) is 4.98 Å². The Kier molecular flexibility index (Phi) is 2.86. The van der Waals surface area contributed by atoms with Crippen LogP contribution in [-0.4, -0.2) is 19.5 Å². The molecule has 1 aromatic heterocycles. The molecule has 0 radical (unpaired) electrons. The summed E-state index contributed by atoms with van der Waals surface area (Å²) in [6.07, 6.45) is 4.14. The highest BCUT2D eigenvalue weighted by molar-refractivity contribution is 7.89. The largest absolute Gasteiger partial charge is 0.487 e. The van der Waals surface area contributed by atoms with Crippen molar-refractivity contribution in [3.8, 4) is 5.75 Å². The van der Waals surface area contributed by atoms with Gasteiger partial charge in [0.2, 0.25) is 10.0 Å². The Morgan fingerprint density at radius 2 is 2.25 bits per heavy atom. The number of hydrogen-bond acceptors (Lipinski definition) is 4. The Morgan fingerprint density at radius 1 is 1.56 bits per heavy atom. The molecule has 0 bridgehead atoms. The number of pyridine rings is 1. The summed E-state index contributed by atoms with van der Waals surface area (Å²) < 4.78 is 28.2. The van der Waals surface area contributed by atoms with Crippen molar-refractivity contribution in [2.24, 2.45) is 5.14 Å². The van der Waals surface area contributed by atoms with E-state index in [1.54, 1.807) is 0 Å². The highest BCUT2D eigenvalue weighted by atomic mass is 32.2. The molecule has 1 heterocycles. The van der Waals surface area contributed by atoms with Gasteiger partial charge in [-0.25, -0.2) is 13.6 Å². The van der Waals surface area contributed by atoms with E-state index in [1.807, 2.05) is 6.92 Å². The van der Waals surface area contributed by atoms with Crippen LogP contribution in [0.15, 0.2) is 17.2 Å². The van der Waals surface area contributed by atoms with Gasteiger partial charge in [-0.15, -0.1) is 0 Å². The molecule has 1 aliphatic carbocycles. The van der Waals surface area contributed by atoms with E-state index in [-0.39, 0.29) is 16.7 Å². The normalized spacial score (nSPS) is 16.1. The van der Waals surface area contributed by atoms with Crippen LogP contribution >= 0.6 is 0 Å². The minimum Gasteiger partial charge on any atom is -0.487 e. The monoisotopic (exact) mass is 242 g/mol. The molecular weight excluding hydrogens is 228 g/mol. The van der Waals surface area contributed by atoms with E-state index in [2.05, 4.69) is 4.98 Å². The minimum atomic E-state index is -3.75. The lowest BCUT2D eigenvalue weighted by molar-refractivity contribution is 0.293. The number of aryl methyl sites for hydroxylation is 1. The maximum atomic E-state index is 11.4. The average Bonchev–Trinajstić information content (AvgIpc) is 3.01. The van der Waals surface area contributed by atoms with Gasteiger partial charge in [0, 0.05) is 5.69 Å². The van der Waals surface area contributed by atoms with Crippen molar-refractivity contribution < 1.29 is 13.2 Å². The predicted octanol–water partition coefficient (Wildman–Crippen LogP) is 0.833. The fourth-order valence-corrected chi connectivity index (χ4v) is 2.02. The van der Waals surface area contributed by atoms with Gasteiger partial charge in [0.05, 0.1) is 12.3 Å². The Bertz CT molecular complexity index is 495. The molecule has 6 heteroatoms. The van der Waals surface area contributed by atoms with Gasteiger partial charge in [0.1, 0.15) is 4.90 Å². The molecule has 1 saturated carbocycles. The summed E-state index contributed by atoms with van der Waals surface area (Å²) in [5, 5.41) is 5.14. The van der Waals surface area contributed by atoms with Crippen LogP contribution in [0.25, 0.3) is 0 Å². The summed E-state index contributed by atoms with van der Waals surface area (Å²) in [4.78, 5) is 4.14. The Balaban J connectivity index is 2.42. The second-order valence-corrected chi connectivity index (χ2v) is 5.37. The highest BCUT2D eigenvalue weighted by Crippen LogP contribution is 2.30. The molecular formula is C10H14N2O3S. The van der Waals surface area contributed by atoms with E-state index in [9.17, 15) is 8.42 Å². The number of primary sulfonamides is 1. The zero-order valence-corrected chi connectivity index (χ0v) is 9.83. The third kappa shape index (κ3) is 2.51. The Labute approximate surface area is 94.7 Å². The van der Waals surface area contributed by atoms with Crippen molar-refractivity contribution in [3.63, 3.8) is 0 Å². The molecule has 0 aromatic carbocycles. The fraction of sp³-hybridized carbons (Fsp3) is 0.500. The van der Waals surface area contributed by atoms with Gasteiger partial charge in [-0.2, -0.15) is 0 Å². The lowest BCUT2D eigenvalue weighted by Gasteiger charge is -2.09. The summed E-state index contributed by atoms with van der Waals surface area (Å²) >= 11 is 0. The number of hydrogen-bond donors (Lipinski definition) is 1. The molecule has 88 valence electrons. The van der Waals surface area contributed by atoms with E-state index in [4.69, 9.17) is 9.88 Å². The summed E-state index contributed by atoms with van der Waals surface area (Å²) in [7, 11) is -3.75. The van der Waals surface area contributed by atoms with Gasteiger partial charge in [-0.05, 0) is 25.3 Å². The molecule has 0 atom stereocenters. The smallest absolute Gasteiger partial charge is 0.241 e. The predicted molar refractivity (Wildman–Crippen MR) is 58.6 cm³/mol. The van der Waals surface area contributed by atoms with Crippen molar-refractivity contribution in [2.45, 2.75) is 37.2 Å². The lowest BCUT2D eigenvalue weighted by Crippen LogP contribution is -2.15. The zero-order chi connectivity index (χ0) is 11.8. The van der Waals surface area contributed by atoms with E-state index in [0.29, 0.717) is 12.1 Å². The van der Waals surface area contributed by atoms with E-state index >= 15 is 0 Å². The second kappa shape index (κ2) is 4.03. The van der Waals surface area contributed by atoms with Crippen LogP contribution in [-0.2, 0) is 16.4 Å². The first-order valence-electron chi connectivity index (χ1n) is 5.19. The molecule has 0 amide bonds. The van der Waals surface area contributed by atoms with Gasteiger partial charge >= 0.3 is 0 Å². The maximum Gasteiger partial charge on any atom is 0.241 e. The molecule has 5 nitrogen and oxygen atoms in total. The molecule has 0 unspecified atom stereocenters. The average molecular weight is 242 g/mol. The first kappa shape index (κ1) is 11.3. The zero-order valence-electron chi connectivity index (χ0n) is 9.01. The molecule has 2 N–H and O–H groups in total. The summed E-state index contributed by atoms with van der Waals surface area (Å²) in [6, 6.07) is 1.48. The van der Waals surface area contributed by atoms with Gasteiger partial charge in [0.25, 0.3) is 0 Å². The first-order valence-corrected chi connectivity index (χ1v) is 6.73. The first-order chi connectivity index (χ1) is 7.50. The Hall–Kier alpha value is -1.14. The van der Waals surface area contributed by atoms with Gasteiger partial charge < -0.3 is 4.74 Å². The standard InChI is InChI=1S/C10H14N2O3S/c1-2-7-5-10(16(11,13)14)9(6-12-7)15-8-3-4-8/h5-6,8H,2-4H2,1H3,(H2,11,13,14). The molecule has 1 aliphatic rings. The fourth-order valence-electron chi connectivity index (χ4n) is 1.33. The number of aromatic nitrogens is 1. The third-order valence-electron chi connectivity index (χ3n) is 2.37. The van der Waals surface area contributed by atoms with Crippen molar-refractivity contribution >= 4 is 10.0 Å². The summed E-state index contributed by atoms with van der Waals surface area (Å²) in [6.45, 7) is 1.90. The number of sulfonamides is 1. The van der Waals surface area contributed by atoms with Gasteiger partial charge in [-0.3, -0.25) is 4.98 Å². The van der Waals surface area contributed by atoms with Crippen LogP contribution in [0, 0.1) is 0 Å². The summed E-state index contributed by atoms with van der Waals surface area (Å²) in [5.41, 5.74) is 0.687. The topological polar surface area (TPSA) is 82.3 Å². The molecule has 16 heavy (non-hydrogen) atoms. The van der Waals surface area contributed by atoms with Crippen molar-refractivity contribution in [3.05, 3.63) is 18.0 Å². The molecule has 1 aromatic rings. The molecule has 1 fully saturated rings. The van der Waals surface area contributed by atoms with Crippen LogP contribution in [0.1, 0.15) is 25.5 Å². The highest BCUT2D eigenvalue weighted by Gasteiger charge is 2.26. The molecule has 0 aliphatic heterocycles. The van der Waals surface area contributed by atoms with Gasteiger partial charge in [-0.1, -0.05) is 6.92 Å². The number of nitrogens with zero attached hydrogens (tertiary/aromatic N) is 1. The molecule has 2 rings (SSSR count). The van der Waals surface area contributed by atoms with Gasteiger partial charge in [0.15, 0.2) is 5.75 Å². The molecule has 0 saturated heterocycles. The van der Waals surface area contributed by atoms with Crippen molar-refractivity contribution in [1.29, 1.82) is 0 Å². The second-order valence-electron chi connectivity index (χ2n) is 3.84. The van der Waals surface area contributed by atoms with E-state index in [1.165, 1.54) is 12.3 Å². The van der Waals surface area contributed by atoms with Crippen LogP contribution in [0.2, 0.25) is 0 Å². The molecule has 0 spiro atoms. The van der Waals surface area contributed by atoms with Crippen LogP contribution in [0.5, 0.6) is 5.75 Å². The number of rotatable bonds is 4. The number of nitrogens with two attached hydrogens (primary N) is 1. The lowest BCUT2D eigenvalue weighted by atomic mass is 10.3. The quantitative estimate of drug-likeness (QED) is 0.847. The minimum absolute atomic E-state index is 0.0336. The van der Waals surface area contributed by atoms with E-state index < -0.39 is 10.0 Å². The third-order valence-corrected chi connectivity index (χ3v) is 3.31. The number of ether oxygens (including phenoxy) is 1. The Morgan fingerprint density at radius 3 is 2.75 bits per heavy atom. The van der Waals surface area contributed by atoms with Crippen LogP contribution in [0.3, 0.4) is 0 Å². The summed E-state index contributed by atoms with van der Waals surface area (Å²) in [5.74, 6) is 0.266. The van der Waals surface area contributed by atoms with E-state index in [0.717, 1.165) is 12.8 Å². The maximum absolute atomic E-state index is 11.4. The SMILES string of the molecule is CCc1cc(S(N)(=O)=O)c(OC2CC2)cn1. The van der Waals surface area contributed by atoms with Crippen LogP contribution in [0.4, 0.5) is 0 Å². The van der Waals surface area contributed by atoms with Crippen molar-refractivity contribution in [2.75, 3.05) is 0 Å². The van der Waals surface area contributed by atoms with Crippen LogP contribution < -0.4 is 9.88 Å².